The van der Waals surface area contributed by atoms with Gasteiger partial charge in [0.15, 0.2) is 0 Å². The summed E-state index contributed by atoms with van der Waals surface area (Å²) in [5.41, 5.74) is 1.79. The minimum Gasteiger partial charge on any atom is -0.478 e. The maximum atomic E-state index is 13.9. The molecule has 5 aromatic rings. The van der Waals surface area contributed by atoms with Gasteiger partial charge in [-0.2, -0.15) is 0 Å². The van der Waals surface area contributed by atoms with Crippen LogP contribution in [0.15, 0.2) is 46.9 Å². The zero-order valence-electron chi connectivity index (χ0n) is 48.0. The Labute approximate surface area is 506 Å². The number of carboxylic acid groups (broad SMARTS) is 8. The second kappa shape index (κ2) is 35.1. The molecule has 8 N–H and O–H groups in total. The molecule has 460 valence electrons. The van der Waals surface area contributed by atoms with E-state index < -0.39 is 76.9 Å². The second-order valence-electron chi connectivity index (χ2n) is 17.4. The highest BCUT2D eigenvalue weighted by Crippen LogP contribution is 2.33. The zero-order chi connectivity index (χ0) is 65.5. The Morgan fingerprint density at radius 1 is 0.388 bits per heavy atom. The summed E-state index contributed by atoms with van der Waals surface area (Å²) < 4.78 is 37.2. The molecule has 5 rings (SSSR count). The molecule has 0 aliphatic rings. The molecule has 0 spiro atoms. The standard InChI is InChI=1S/C12H13BrO4.2C12H13ClO4.2C12H13FO4/c1-3-6-5-8(11(14)15)9(12(16)17)10(13)7(6)4-2;1-3-6-5-8(11(14)15)9(12(16)17)7(4-2)10(6)13;1-3-6-5-8(11(14)15)9(12(16)17)10(13)7(6)4-2;1-3-16-11(14)8-6-5-7-9(13)10(8)12(15)17-4-2;1-3-6-5-8(11(14)15)9(12(16)17)7(4-2)10(6)13/h3*5H,3-4H2,1-2H3,(H,14,15)(H,16,17);5-7H,3-4H2,1-2H3;5H,3-4H2,1-2H3,(H,14,15)(H,16,17). The molecule has 0 unspecified atom stereocenters. The van der Waals surface area contributed by atoms with Crippen LogP contribution < -0.4 is 0 Å². The Hall–Kier alpha value is -8.28. The molecule has 0 heterocycles. The Morgan fingerprint density at radius 2 is 0.741 bits per heavy atom. The molecule has 85 heavy (non-hydrogen) atoms. The van der Waals surface area contributed by atoms with Crippen LogP contribution in [0, 0.1) is 11.6 Å². The molecule has 0 fully saturated rings. The number of carbonyl (C=O) groups excluding carboxylic acids is 2. The maximum absolute atomic E-state index is 13.9. The molecule has 5 aromatic carbocycles. The van der Waals surface area contributed by atoms with Crippen LogP contribution in [0.3, 0.4) is 0 Å². The number of benzene rings is 5. The van der Waals surface area contributed by atoms with E-state index in [9.17, 15) is 56.7 Å². The van der Waals surface area contributed by atoms with Crippen molar-refractivity contribution in [2.24, 2.45) is 0 Å². The van der Waals surface area contributed by atoms with Crippen molar-refractivity contribution in [1.29, 1.82) is 0 Å². The SMILES string of the molecule is CCOC(=O)c1cccc(F)c1C(=O)OCC.CCc1cc(C(=O)O)c(C(=O)O)c(Br)c1CC.CCc1cc(C(=O)O)c(C(=O)O)c(CC)c1Cl.CCc1cc(C(=O)O)c(C(=O)O)c(CC)c1F.CCc1cc(C(=O)O)c(C(=O)O)c(Cl)c1CC. The fourth-order valence-corrected chi connectivity index (χ4v) is 10.3. The van der Waals surface area contributed by atoms with Gasteiger partial charge >= 0.3 is 59.7 Å². The zero-order valence-corrected chi connectivity index (χ0v) is 51.1. The van der Waals surface area contributed by atoms with Gasteiger partial charge in [0.05, 0.1) is 68.3 Å². The van der Waals surface area contributed by atoms with Crippen LogP contribution in [0.5, 0.6) is 0 Å². The minimum atomic E-state index is -1.42. The van der Waals surface area contributed by atoms with Crippen molar-refractivity contribution in [3.63, 3.8) is 0 Å². The number of ether oxygens (including phenoxy) is 2. The summed E-state index contributed by atoms with van der Waals surface area (Å²) in [6.07, 6.45) is 3.92. The Bertz CT molecular complexity index is 3200. The van der Waals surface area contributed by atoms with E-state index in [0.29, 0.717) is 71.1 Å². The molecule has 0 saturated carbocycles. The lowest BCUT2D eigenvalue weighted by Gasteiger charge is -2.13. The average molecular weight is 1290 g/mol. The van der Waals surface area contributed by atoms with E-state index in [-0.39, 0.29) is 85.9 Å². The van der Waals surface area contributed by atoms with Gasteiger partial charge < -0.3 is 50.3 Å². The van der Waals surface area contributed by atoms with Gasteiger partial charge in [0.25, 0.3) is 0 Å². The van der Waals surface area contributed by atoms with E-state index >= 15 is 0 Å². The molecule has 0 aliphatic heterocycles. The first-order valence-corrected chi connectivity index (χ1v) is 27.8. The highest BCUT2D eigenvalue weighted by atomic mass is 79.9. The van der Waals surface area contributed by atoms with E-state index in [4.69, 9.17) is 73.5 Å². The molecular formula is C60H65BrCl2F2O20. The highest BCUT2D eigenvalue weighted by molar-refractivity contribution is 9.10. The van der Waals surface area contributed by atoms with Gasteiger partial charge in [-0.3, -0.25) is 0 Å². The molecule has 0 bridgehead atoms. The summed E-state index contributed by atoms with van der Waals surface area (Å²) in [4.78, 5) is 112. The van der Waals surface area contributed by atoms with E-state index in [1.807, 2.05) is 34.6 Å². The first-order valence-electron chi connectivity index (χ1n) is 26.2. The summed E-state index contributed by atoms with van der Waals surface area (Å²) in [5, 5.41) is 72.6. The molecule has 0 aromatic heterocycles. The molecule has 0 amide bonds. The number of hydrogen-bond acceptors (Lipinski definition) is 12. The molecule has 25 heteroatoms. The van der Waals surface area contributed by atoms with Gasteiger partial charge in [0, 0.05) is 15.1 Å². The van der Waals surface area contributed by atoms with Crippen molar-refractivity contribution >= 4 is 98.8 Å². The van der Waals surface area contributed by atoms with Crippen LogP contribution >= 0.6 is 39.1 Å². The number of hydrogen-bond donors (Lipinski definition) is 8. The molecule has 0 atom stereocenters. The first-order chi connectivity index (χ1) is 39.8. The molecule has 20 nitrogen and oxygen atoms in total. The number of carboxylic acids is 8. The highest BCUT2D eigenvalue weighted by Gasteiger charge is 2.28. The first kappa shape index (κ1) is 74.7. The third-order valence-electron chi connectivity index (χ3n) is 12.5. The van der Waals surface area contributed by atoms with Crippen LogP contribution in [0.25, 0.3) is 0 Å². The smallest absolute Gasteiger partial charge is 0.342 e. The second-order valence-corrected chi connectivity index (χ2v) is 18.9. The largest absolute Gasteiger partial charge is 0.478 e. The summed E-state index contributed by atoms with van der Waals surface area (Å²) in [6, 6.07) is 9.05. The van der Waals surface area contributed by atoms with E-state index in [1.165, 1.54) is 30.3 Å². The number of esters is 2. The van der Waals surface area contributed by atoms with Crippen LogP contribution in [0.1, 0.15) is 217 Å². The third-order valence-corrected chi connectivity index (χ3v) is 14.3. The lowest BCUT2D eigenvalue weighted by Crippen LogP contribution is -2.15. The monoisotopic (exact) mass is 1290 g/mol. The third kappa shape index (κ3) is 18.9. The van der Waals surface area contributed by atoms with Crippen molar-refractivity contribution in [1.82, 2.24) is 0 Å². The normalized spacial score (nSPS) is 10.2. The fraction of sp³-hybridized carbons (Fsp3) is 0.333. The van der Waals surface area contributed by atoms with Crippen LogP contribution in [-0.2, 0) is 60.8 Å². The van der Waals surface area contributed by atoms with Crippen molar-refractivity contribution in [3.05, 3.63) is 169 Å². The maximum Gasteiger partial charge on any atom is 0.342 e. The topological polar surface area (TPSA) is 351 Å². The summed E-state index contributed by atoms with van der Waals surface area (Å²) in [7, 11) is 0. The number of aromatic carboxylic acids is 8. The van der Waals surface area contributed by atoms with Crippen LogP contribution in [0.2, 0.25) is 10.0 Å². The fourth-order valence-electron chi connectivity index (χ4n) is 8.51. The van der Waals surface area contributed by atoms with Gasteiger partial charge in [-0.15, -0.1) is 0 Å². The quantitative estimate of drug-likeness (QED) is 0.0336. The molecule has 0 aliphatic carbocycles. The van der Waals surface area contributed by atoms with Crippen LogP contribution in [-0.4, -0.2) is 114 Å². The van der Waals surface area contributed by atoms with E-state index in [2.05, 4.69) is 15.9 Å². The van der Waals surface area contributed by atoms with Crippen molar-refractivity contribution in [2.75, 3.05) is 13.2 Å². The van der Waals surface area contributed by atoms with Crippen molar-refractivity contribution in [3.8, 4) is 0 Å². The van der Waals surface area contributed by atoms with Gasteiger partial charge in [-0.1, -0.05) is 84.7 Å². The lowest BCUT2D eigenvalue weighted by atomic mass is 9.94. The van der Waals surface area contributed by atoms with Gasteiger partial charge in [0.2, 0.25) is 0 Å². The van der Waals surface area contributed by atoms with Gasteiger partial charge in [-0.25, -0.2) is 56.7 Å². The number of halogens is 5. The predicted molar refractivity (Wildman–Crippen MR) is 312 cm³/mol. The molecule has 0 saturated heterocycles. The summed E-state index contributed by atoms with van der Waals surface area (Å²) >= 11 is 15.3. The lowest BCUT2D eigenvalue weighted by molar-refractivity contribution is 0.0474. The predicted octanol–water partition coefficient (Wildman–Crippen LogP) is 13.2. The Kier molecular flexibility index (Phi) is 30.9. The van der Waals surface area contributed by atoms with Crippen LogP contribution in [0.4, 0.5) is 8.78 Å². The van der Waals surface area contributed by atoms with E-state index in [0.717, 1.165) is 28.8 Å². The molecule has 0 radical (unpaired) electrons. The summed E-state index contributed by atoms with van der Waals surface area (Å²) in [5.74, 6) is -13.3. The number of aryl methyl sites for hydroxylation is 4. The Balaban J connectivity index is 0.000000531. The van der Waals surface area contributed by atoms with Gasteiger partial charge in [-0.05, 0) is 156 Å². The molecular weight excluding hydrogens is 1230 g/mol. The Morgan fingerprint density at radius 3 is 1.12 bits per heavy atom. The minimum absolute atomic E-state index is 0.0387. The number of rotatable bonds is 20. The van der Waals surface area contributed by atoms with E-state index in [1.54, 1.807) is 34.6 Å². The summed E-state index contributed by atoms with van der Waals surface area (Å²) in [6.45, 7) is 17.9. The van der Waals surface area contributed by atoms with Gasteiger partial charge in [0.1, 0.15) is 17.2 Å². The van der Waals surface area contributed by atoms with Crippen molar-refractivity contribution < 1.29 is 107 Å². The van der Waals surface area contributed by atoms with Crippen molar-refractivity contribution in [2.45, 2.75) is 121 Å². The number of carbonyl (C=O) groups is 10. The average Bonchev–Trinajstić information content (AvgIpc) is 2.17.